The van der Waals surface area contributed by atoms with Crippen LogP contribution in [0, 0.1) is 6.92 Å². The average molecular weight is 395 g/mol. The van der Waals surface area contributed by atoms with Crippen LogP contribution in [0.2, 0.25) is 0 Å². The topological polar surface area (TPSA) is 92.4 Å². The maximum Gasteiger partial charge on any atom is 0.224 e. The van der Waals surface area contributed by atoms with Gasteiger partial charge in [0.15, 0.2) is 0 Å². The van der Waals surface area contributed by atoms with Crippen molar-refractivity contribution in [2.75, 3.05) is 44.4 Å². The molecule has 2 N–H and O–H groups in total. The van der Waals surface area contributed by atoms with Crippen molar-refractivity contribution in [1.29, 1.82) is 0 Å². The molecule has 2 aromatic heterocycles. The van der Waals surface area contributed by atoms with E-state index in [1.54, 1.807) is 0 Å². The van der Waals surface area contributed by atoms with Gasteiger partial charge in [-0.15, -0.1) is 0 Å². The van der Waals surface area contributed by atoms with Gasteiger partial charge in [0.1, 0.15) is 18.2 Å². The number of aryl methyl sites for hydroxylation is 1. The van der Waals surface area contributed by atoms with Crippen molar-refractivity contribution in [3.63, 3.8) is 0 Å². The molecular weight excluding hydrogens is 370 g/mol. The number of nitrogens with one attached hydrogen (secondary N) is 2. The second-order valence-electron chi connectivity index (χ2n) is 6.95. The molecule has 1 amide bonds. The van der Waals surface area contributed by atoms with Crippen LogP contribution >= 0.6 is 0 Å². The molecule has 4 rings (SSSR count). The van der Waals surface area contributed by atoms with E-state index in [1.165, 1.54) is 0 Å². The standard InChI is InChI=1S/C21H25N5O3/c1-15-24-19(26-7-10-28-11-8-26)13-21(25-15)29-9-6-22-20(27)12-16-14-23-18-5-3-2-4-17(16)18/h2-5,13-14,23H,6-12H2,1H3,(H,22,27). The lowest BCUT2D eigenvalue weighted by atomic mass is 10.1. The van der Waals surface area contributed by atoms with Gasteiger partial charge in [-0.1, -0.05) is 18.2 Å². The molecular formula is C21H25N5O3. The number of carbonyl (C=O) groups is 1. The third kappa shape index (κ3) is 4.83. The van der Waals surface area contributed by atoms with Gasteiger partial charge < -0.3 is 24.7 Å². The molecule has 0 aliphatic carbocycles. The number of para-hydroxylation sites is 1. The summed E-state index contributed by atoms with van der Waals surface area (Å²) in [5.74, 6) is 1.99. The summed E-state index contributed by atoms with van der Waals surface area (Å²) in [4.78, 5) is 26.4. The maximum atomic E-state index is 12.3. The summed E-state index contributed by atoms with van der Waals surface area (Å²) in [5.41, 5.74) is 2.02. The number of anilines is 1. The van der Waals surface area contributed by atoms with Crippen LogP contribution in [0.5, 0.6) is 5.88 Å². The normalized spacial score (nSPS) is 14.2. The van der Waals surface area contributed by atoms with Gasteiger partial charge in [0.25, 0.3) is 0 Å². The van der Waals surface area contributed by atoms with Crippen molar-refractivity contribution in [2.45, 2.75) is 13.3 Å². The van der Waals surface area contributed by atoms with Crippen molar-refractivity contribution in [2.24, 2.45) is 0 Å². The molecule has 29 heavy (non-hydrogen) atoms. The van der Waals surface area contributed by atoms with Gasteiger partial charge in [-0.3, -0.25) is 4.79 Å². The highest BCUT2D eigenvalue weighted by Gasteiger charge is 2.14. The van der Waals surface area contributed by atoms with E-state index in [2.05, 4.69) is 25.2 Å². The third-order valence-corrected chi connectivity index (χ3v) is 4.84. The van der Waals surface area contributed by atoms with E-state index in [1.807, 2.05) is 43.5 Å². The Kier molecular flexibility index (Phi) is 5.90. The second-order valence-corrected chi connectivity index (χ2v) is 6.95. The average Bonchev–Trinajstić information content (AvgIpc) is 3.14. The van der Waals surface area contributed by atoms with Crippen molar-refractivity contribution in [3.8, 4) is 5.88 Å². The zero-order chi connectivity index (χ0) is 20.1. The van der Waals surface area contributed by atoms with E-state index >= 15 is 0 Å². The van der Waals surface area contributed by atoms with Gasteiger partial charge in [0, 0.05) is 36.3 Å². The number of ether oxygens (including phenoxy) is 2. The summed E-state index contributed by atoms with van der Waals surface area (Å²) in [6, 6.07) is 9.80. The summed E-state index contributed by atoms with van der Waals surface area (Å²) in [5, 5.41) is 3.98. The number of rotatable bonds is 7. The fourth-order valence-corrected chi connectivity index (χ4v) is 3.41. The number of aromatic nitrogens is 3. The van der Waals surface area contributed by atoms with Gasteiger partial charge in [0.05, 0.1) is 26.2 Å². The largest absolute Gasteiger partial charge is 0.476 e. The van der Waals surface area contributed by atoms with E-state index in [9.17, 15) is 4.79 Å². The number of morpholine rings is 1. The smallest absolute Gasteiger partial charge is 0.224 e. The summed E-state index contributed by atoms with van der Waals surface area (Å²) in [6.45, 7) is 5.61. The molecule has 0 radical (unpaired) electrons. The minimum absolute atomic E-state index is 0.0359. The molecule has 8 heteroatoms. The number of aromatic amines is 1. The minimum atomic E-state index is -0.0359. The van der Waals surface area contributed by atoms with Crippen molar-refractivity contribution >= 4 is 22.6 Å². The molecule has 0 unspecified atom stereocenters. The Hall–Kier alpha value is -3.13. The predicted molar refractivity (Wildman–Crippen MR) is 110 cm³/mol. The molecule has 1 aliphatic rings. The molecule has 3 aromatic rings. The number of hydrogen-bond acceptors (Lipinski definition) is 6. The lowest BCUT2D eigenvalue weighted by molar-refractivity contribution is -0.120. The van der Waals surface area contributed by atoms with Gasteiger partial charge in [-0.05, 0) is 18.6 Å². The summed E-state index contributed by atoms with van der Waals surface area (Å²) in [6.07, 6.45) is 2.22. The van der Waals surface area contributed by atoms with Gasteiger partial charge >= 0.3 is 0 Å². The molecule has 0 saturated carbocycles. The first kappa shape index (κ1) is 19.2. The molecule has 0 atom stereocenters. The molecule has 8 nitrogen and oxygen atoms in total. The highest BCUT2D eigenvalue weighted by atomic mass is 16.5. The summed E-state index contributed by atoms with van der Waals surface area (Å²) >= 11 is 0. The highest BCUT2D eigenvalue weighted by Crippen LogP contribution is 2.19. The Balaban J connectivity index is 1.27. The number of H-pyrrole nitrogens is 1. The van der Waals surface area contributed by atoms with Crippen LogP contribution in [-0.4, -0.2) is 60.3 Å². The van der Waals surface area contributed by atoms with E-state index in [0.717, 1.165) is 35.4 Å². The SMILES string of the molecule is Cc1nc(OCCNC(=O)Cc2c[nH]c3ccccc23)cc(N2CCOCC2)n1. The highest BCUT2D eigenvalue weighted by molar-refractivity contribution is 5.88. The molecule has 1 saturated heterocycles. The molecule has 1 aromatic carbocycles. The zero-order valence-corrected chi connectivity index (χ0v) is 16.5. The molecule has 1 fully saturated rings. The molecule has 0 spiro atoms. The Labute approximate surface area is 169 Å². The van der Waals surface area contributed by atoms with E-state index in [4.69, 9.17) is 9.47 Å². The van der Waals surface area contributed by atoms with E-state index in [-0.39, 0.29) is 5.91 Å². The van der Waals surface area contributed by atoms with Crippen LogP contribution in [-0.2, 0) is 16.0 Å². The Morgan fingerprint density at radius 3 is 2.97 bits per heavy atom. The number of fused-ring (bicyclic) bond motifs is 1. The van der Waals surface area contributed by atoms with Crippen molar-refractivity contribution in [1.82, 2.24) is 20.3 Å². The Bertz CT molecular complexity index is 981. The van der Waals surface area contributed by atoms with E-state index < -0.39 is 0 Å². The lowest BCUT2D eigenvalue weighted by Gasteiger charge is -2.28. The second kappa shape index (κ2) is 8.91. The number of carbonyl (C=O) groups excluding carboxylic acids is 1. The van der Waals surface area contributed by atoms with Crippen LogP contribution in [0.15, 0.2) is 36.5 Å². The first-order valence-electron chi connectivity index (χ1n) is 9.82. The number of hydrogen-bond donors (Lipinski definition) is 2. The molecule has 152 valence electrons. The fraction of sp³-hybridized carbons (Fsp3) is 0.381. The maximum absolute atomic E-state index is 12.3. The zero-order valence-electron chi connectivity index (χ0n) is 16.5. The number of amides is 1. The quantitative estimate of drug-likeness (QED) is 0.593. The first-order chi connectivity index (χ1) is 14.2. The lowest BCUT2D eigenvalue weighted by Crippen LogP contribution is -2.37. The molecule has 0 bridgehead atoms. The summed E-state index contributed by atoms with van der Waals surface area (Å²) in [7, 11) is 0. The Morgan fingerprint density at radius 1 is 1.28 bits per heavy atom. The van der Waals surface area contributed by atoms with Gasteiger partial charge in [0.2, 0.25) is 11.8 Å². The van der Waals surface area contributed by atoms with Crippen LogP contribution in [0.4, 0.5) is 5.82 Å². The minimum Gasteiger partial charge on any atom is -0.476 e. The molecule has 1 aliphatic heterocycles. The van der Waals surface area contributed by atoms with Crippen LogP contribution in [0.3, 0.4) is 0 Å². The first-order valence-corrected chi connectivity index (χ1v) is 9.82. The summed E-state index contributed by atoms with van der Waals surface area (Å²) < 4.78 is 11.1. The molecule has 3 heterocycles. The van der Waals surface area contributed by atoms with Gasteiger partial charge in [-0.25, -0.2) is 4.98 Å². The fourth-order valence-electron chi connectivity index (χ4n) is 3.41. The van der Waals surface area contributed by atoms with Crippen molar-refractivity contribution < 1.29 is 14.3 Å². The number of nitrogens with zero attached hydrogens (tertiary/aromatic N) is 3. The third-order valence-electron chi connectivity index (χ3n) is 4.84. The number of benzene rings is 1. The van der Waals surface area contributed by atoms with Crippen LogP contribution in [0.1, 0.15) is 11.4 Å². The van der Waals surface area contributed by atoms with Crippen LogP contribution < -0.4 is 15.0 Å². The predicted octanol–water partition coefficient (Wildman–Crippen LogP) is 1.84. The monoisotopic (exact) mass is 395 g/mol. The van der Waals surface area contributed by atoms with E-state index in [0.29, 0.717) is 44.5 Å². The Morgan fingerprint density at radius 2 is 2.10 bits per heavy atom. The van der Waals surface area contributed by atoms with Gasteiger partial charge in [-0.2, -0.15) is 4.98 Å². The van der Waals surface area contributed by atoms with Crippen LogP contribution in [0.25, 0.3) is 10.9 Å². The van der Waals surface area contributed by atoms with Crippen molar-refractivity contribution in [3.05, 3.63) is 47.9 Å².